The van der Waals surface area contributed by atoms with Crippen LogP contribution < -0.4 is 21.3 Å². The molecule has 0 aliphatic rings. The van der Waals surface area contributed by atoms with E-state index in [0.717, 1.165) is 0 Å². The molecule has 1 heterocycles. The van der Waals surface area contributed by atoms with Crippen LogP contribution in [-0.4, -0.2) is 17.1 Å². The fourth-order valence-electron chi connectivity index (χ4n) is 1.39. The molecule has 4 N–H and O–H groups in total. The largest absolute Gasteiger partial charge is 0.494 e. The van der Waals surface area contributed by atoms with E-state index >= 15 is 0 Å². The van der Waals surface area contributed by atoms with Gasteiger partial charge >= 0.3 is 0 Å². The number of ether oxygens (including phenoxy) is 1. The van der Waals surface area contributed by atoms with Gasteiger partial charge in [0.05, 0.1) is 7.11 Å². The van der Waals surface area contributed by atoms with Crippen molar-refractivity contribution in [2.45, 2.75) is 0 Å². The highest BCUT2D eigenvalue weighted by Gasteiger charge is 2.04. The Morgan fingerprint density at radius 3 is 2.83 bits per heavy atom. The third-order valence-corrected chi connectivity index (χ3v) is 2.21. The third-order valence-electron chi connectivity index (χ3n) is 2.21. The Kier molecular flexibility index (Phi) is 3.54. The van der Waals surface area contributed by atoms with E-state index in [1.54, 1.807) is 12.1 Å². The van der Waals surface area contributed by atoms with Crippen LogP contribution in [0.2, 0.25) is 0 Å². The van der Waals surface area contributed by atoms with Gasteiger partial charge < -0.3 is 10.1 Å². The zero-order chi connectivity index (χ0) is 13.0. The molecule has 0 radical (unpaired) electrons. The second-order valence-corrected chi connectivity index (χ2v) is 3.38. The van der Waals surface area contributed by atoms with Crippen LogP contribution in [0, 0.1) is 5.82 Å². The number of rotatable bonds is 4. The number of aromatic nitrogens is 2. The van der Waals surface area contributed by atoms with Crippen LogP contribution in [0.25, 0.3) is 0 Å². The zero-order valence-corrected chi connectivity index (χ0v) is 9.64. The number of hydrogen-bond donors (Lipinski definition) is 3. The number of hydrazine groups is 1. The fraction of sp³-hybridized carbons (Fsp3) is 0.0909. The maximum atomic E-state index is 13.5. The normalized spacial score (nSPS) is 9.94. The minimum absolute atomic E-state index is 0.188. The lowest BCUT2D eigenvalue weighted by molar-refractivity contribution is 0.386. The Labute approximate surface area is 103 Å². The summed E-state index contributed by atoms with van der Waals surface area (Å²) in [5, 5.41) is 2.93. The summed E-state index contributed by atoms with van der Waals surface area (Å²) in [6.07, 6.45) is 1.53. The van der Waals surface area contributed by atoms with Gasteiger partial charge in [-0.1, -0.05) is 0 Å². The minimum Gasteiger partial charge on any atom is -0.494 e. The molecule has 0 unspecified atom stereocenters. The van der Waals surface area contributed by atoms with Crippen LogP contribution >= 0.6 is 0 Å². The number of methoxy groups -OCH3 is 1. The molecule has 2 aromatic rings. The highest BCUT2D eigenvalue weighted by molar-refractivity contribution is 5.58. The van der Waals surface area contributed by atoms with E-state index in [1.807, 2.05) is 0 Å². The Balaban J connectivity index is 2.20. The molecule has 0 fully saturated rings. The molecule has 0 aliphatic heterocycles. The fourth-order valence-corrected chi connectivity index (χ4v) is 1.39. The molecule has 0 saturated carbocycles. The van der Waals surface area contributed by atoms with Gasteiger partial charge in [0.25, 0.3) is 0 Å². The molecular weight excluding hydrogens is 237 g/mol. The van der Waals surface area contributed by atoms with Crippen LogP contribution in [0.4, 0.5) is 21.8 Å². The lowest BCUT2D eigenvalue weighted by atomic mass is 10.3. The minimum atomic E-state index is -0.450. The van der Waals surface area contributed by atoms with Crippen molar-refractivity contribution in [3.63, 3.8) is 0 Å². The van der Waals surface area contributed by atoms with E-state index in [4.69, 9.17) is 10.6 Å². The summed E-state index contributed by atoms with van der Waals surface area (Å²) >= 11 is 0. The van der Waals surface area contributed by atoms with E-state index in [0.29, 0.717) is 11.5 Å². The first-order valence-electron chi connectivity index (χ1n) is 5.13. The second-order valence-electron chi connectivity index (χ2n) is 3.38. The predicted octanol–water partition coefficient (Wildman–Crippen LogP) is 1.65. The molecule has 0 amide bonds. The topological polar surface area (TPSA) is 85.1 Å². The lowest BCUT2D eigenvalue weighted by Crippen LogP contribution is -2.10. The van der Waals surface area contributed by atoms with Gasteiger partial charge in [0.1, 0.15) is 5.82 Å². The van der Waals surface area contributed by atoms with Crippen molar-refractivity contribution in [1.29, 1.82) is 0 Å². The molecule has 1 aromatic carbocycles. The first-order chi connectivity index (χ1) is 8.72. The van der Waals surface area contributed by atoms with Crippen molar-refractivity contribution < 1.29 is 9.13 Å². The van der Waals surface area contributed by atoms with Gasteiger partial charge in [-0.15, -0.1) is 0 Å². The van der Waals surface area contributed by atoms with Crippen molar-refractivity contribution in [2.75, 3.05) is 17.9 Å². The molecular formula is C11H12FN5O. The van der Waals surface area contributed by atoms with Crippen molar-refractivity contribution >= 4 is 17.5 Å². The third kappa shape index (κ3) is 2.64. The van der Waals surface area contributed by atoms with E-state index in [9.17, 15) is 4.39 Å². The molecule has 1 aromatic heterocycles. The van der Waals surface area contributed by atoms with Gasteiger partial charge in [-0.3, -0.25) is 5.43 Å². The van der Waals surface area contributed by atoms with Gasteiger partial charge in [-0.2, -0.15) is 4.98 Å². The molecule has 94 valence electrons. The van der Waals surface area contributed by atoms with Gasteiger partial charge in [0, 0.05) is 18.0 Å². The van der Waals surface area contributed by atoms with Crippen molar-refractivity contribution in [1.82, 2.24) is 9.97 Å². The molecule has 0 spiro atoms. The maximum Gasteiger partial charge on any atom is 0.239 e. The van der Waals surface area contributed by atoms with Crippen LogP contribution in [0.5, 0.6) is 5.75 Å². The second kappa shape index (κ2) is 5.28. The summed E-state index contributed by atoms with van der Waals surface area (Å²) in [5.74, 6) is 5.71. The number of hydrogen-bond acceptors (Lipinski definition) is 6. The summed E-state index contributed by atoms with van der Waals surface area (Å²) < 4.78 is 18.3. The van der Waals surface area contributed by atoms with Gasteiger partial charge in [0.2, 0.25) is 5.95 Å². The number of nitrogens with one attached hydrogen (secondary N) is 2. The number of anilines is 3. The Morgan fingerprint density at radius 2 is 2.17 bits per heavy atom. The van der Waals surface area contributed by atoms with Crippen molar-refractivity contribution in [3.05, 3.63) is 36.3 Å². The zero-order valence-electron chi connectivity index (χ0n) is 9.64. The average molecular weight is 249 g/mol. The summed E-state index contributed by atoms with van der Waals surface area (Å²) in [7, 11) is 1.41. The maximum absolute atomic E-state index is 13.5. The summed E-state index contributed by atoms with van der Waals surface area (Å²) in [6, 6.07) is 6.17. The Bertz CT molecular complexity index is 549. The standard InChI is InChI=1S/C11H12FN5O/c1-18-9-3-2-7(6-8(9)12)15-10-4-5-14-11(16-10)17-13/h2-6H,13H2,1H3,(H2,14,15,16,17). The van der Waals surface area contributed by atoms with E-state index < -0.39 is 5.82 Å². The van der Waals surface area contributed by atoms with Gasteiger partial charge in [-0.05, 0) is 18.2 Å². The van der Waals surface area contributed by atoms with Crippen LogP contribution in [-0.2, 0) is 0 Å². The summed E-state index contributed by atoms with van der Waals surface area (Å²) in [5.41, 5.74) is 2.88. The molecule has 18 heavy (non-hydrogen) atoms. The van der Waals surface area contributed by atoms with Gasteiger partial charge in [-0.25, -0.2) is 15.2 Å². The number of nitrogens with zero attached hydrogens (tertiary/aromatic N) is 2. The lowest BCUT2D eigenvalue weighted by Gasteiger charge is -2.08. The van der Waals surface area contributed by atoms with Crippen molar-refractivity contribution in [3.8, 4) is 5.75 Å². The molecule has 0 aliphatic carbocycles. The average Bonchev–Trinajstić information content (AvgIpc) is 2.39. The molecule has 0 atom stereocenters. The predicted molar refractivity (Wildman–Crippen MR) is 66.1 cm³/mol. The SMILES string of the molecule is COc1ccc(Nc2ccnc(NN)n2)cc1F. The van der Waals surface area contributed by atoms with Crippen LogP contribution in [0.1, 0.15) is 0 Å². The molecule has 0 saturated heterocycles. The quantitative estimate of drug-likeness (QED) is 0.564. The van der Waals surface area contributed by atoms with Crippen LogP contribution in [0.15, 0.2) is 30.5 Å². The van der Waals surface area contributed by atoms with Crippen LogP contribution in [0.3, 0.4) is 0 Å². The monoisotopic (exact) mass is 249 g/mol. The van der Waals surface area contributed by atoms with Crippen molar-refractivity contribution in [2.24, 2.45) is 5.84 Å². The number of halogens is 1. The van der Waals surface area contributed by atoms with E-state index in [2.05, 4.69) is 20.7 Å². The van der Waals surface area contributed by atoms with E-state index in [-0.39, 0.29) is 11.7 Å². The number of nitrogen functional groups attached to an aromatic ring is 1. The Morgan fingerprint density at radius 1 is 1.33 bits per heavy atom. The molecule has 6 nitrogen and oxygen atoms in total. The highest BCUT2D eigenvalue weighted by Crippen LogP contribution is 2.22. The number of nitrogens with two attached hydrogens (primary N) is 1. The summed E-state index contributed by atoms with van der Waals surface area (Å²) in [6.45, 7) is 0. The van der Waals surface area contributed by atoms with E-state index in [1.165, 1.54) is 25.4 Å². The first kappa shape index (κ1) is 12.1. The highest BCUT2D eigenvalue weighted by atomic mass is 19.1. The number of benzene rings is 1. The molecule has 7 heteroatoms. The first-order valence-corrected chi connectivity index (χ1v) is 5.13. The Hall–Kier alpha value is -2.41. The molecule has 2 rings (SSSR count). The van der Waals surface area contributed by atoms with Gasteiger partial charge in [0.15, 0.2) is 11.6 Å². The smallest absolute Gasteiger partial charge is 0.239 e. The summed E-state index contributed by atoms with van der Waals surface area (Å²) in [4.78, 5) is 7.91. The molecule has 0 bridgehead atoms.